The Morgan fingerprint density at radius 3 is 2.90 bits per heavy atom. The standard InChI is InChI=1S/C23H22FN7/c1-15-27-21-4-3-17(24)12-19(21)23(28-15)29-10-6-20-16(14-29)11-18(13-25-20)30-8-2-9-31-22(30)5-7-26-31/h3-5,7,11-13H,2,6,8-10,14H2,1H3. The van der Waals surface area contributed by atoms with Crippen LogP contribution >= 0.6 is 0 Å². The molecule has 0 fully saturated rings. The van der Waals surface area contributed by atoms with E-state index in [9.17, 15) is 4.39 Å². The second-order valence-corrected chi connectivity index (χ2v) is 8.14. The molecule has 0 amide bonds. The Kier molecular flexibility index (Phi) is 4.12. The third kappa shape index (κ3) is 3.10. The van der Waals surface area contributed by atoms with Crippen LogP contribution in [0.25, 0.3) is 10.9 Å². The van der Waals surface area contributed by atoms with Gasteiger partial charge in [0, 0.05) is 49.7 Å². The Morgan fingerprint density at radius 2 is 1.97 bits per heavy atom. The zero-order valence-corrected chi connectivity index (χ0v) is 17.3. The Bertz CT molecular complexity index is 1300. The summed E-state index contributed by atoms with van der Waals surface area (Å²) < 4.78 is 16.0. The lowest BCUT2D eigenvalue weighted by Gasteiger charge is -2.33. The van der Waals surface area contributed by atoms with Gasteiger partial charge in [0.2, 0.25) is 0 Å². The van der Waals surface area contributed by atoms with Gasteiger partial charge in [0.1, 0.15) is 23.3 Å². The van der Waals surface area contributed by atoms with Gasteiger partial charge in [-0.3, -0.25) is 4.98 Å². The molecule has 0 unspecified atom stereocenters. The number of aryl methyl sites for hydroxylation is 2. The molecule has 7 nitrogen and oxygen atoms in total. The Balaban J connectivity index is 1.38. The van der Waals surface area contributed by atoms with E-state index < -0.39 is 0 Å². The molecular weight excluding hydrogens is 393 g/mol. The van der Waals surface area contributed by atoms with E-state index in [1.165, 1.54) is 17.7 Å². The maximum absolute atomic E-state index is 14.0. The summed E-state index contributed by atoms with van der Waals surface area (Å²) in [5, 5.41) is 5.17. The summed E-state index contributed by atoms with van der Waals surface area (Å²) in [6, 6.07) is 8.98. The van der Waals surface area contributed by atoms with Crippen molar-refractivity contribution in [2.75, 3.05) is 22.9 Å². The highest BCUT2D eigenvalue weighted by Gasteiger charge is 2.24. The van der Waals surface area contributed by atoms with Gasteiger partial charge in [0.05, 0.1) is 23.6 Å². The zero-order chi connectivity index (χ0) is 20.9. The first-order valence-electron chi connectivity index (χ1n) is 10.6. The van der Waals surface area contributed by atoms with Gasteiger partial charge in [-0.1, -0.05) is 0 Å². The van der Waals surface area contributed by atoms with E-state index in [1.807, 2.05) is 24.0 Å². The van der Waals surface area contributed by atoms with E-state index >= 15 is 0 Å². The minimum atomic E-state index is -0.274. The topological polar surface area (TPSA) is 63.0 Å². The van der Waals surface area contributed by atoms with Crippen molar-refractivity contribution in [2.24, 2.45) is 0 Å². The van der Waals surface area contributed by atoms with Crippen molar-refractivity contribution < 1.29 is 4.39 Å². The molecule has 0 saturated carbocycles. The van der Waals surface area contributed by atoms with Crippen LogP contribution in [-0.2, 0) is 19.5 Å². The lowest BCUT2D eigenvalue weighted by molar-refractivity contribution is 0.541. The third-order valence-corrected chi connectivity index (χ3v) is 6.11. The van der Waals surface area contributed by atoms with Gasteiger partial charge < -0.3 is 9.80 Å². The van der Waals surface area contributed by atoms with Crippen molar-refractivity contribution in [1.29, 1.82) is 0 Å². The fourth-order valence-corrected chi connectivity index (χ4v) is 4.66. The van der Waals surface area contributed by atoms with Crippen molar-refractivity contribution in [3.63, 3.8) is 0 Å². The molecular formula is C23H22FN7. The number of benzene rings is 1. The molecule has 4 aromatic rings. The fourth-order valence-electron chi connectivity index (χ4n) is 4.66. The van der Waals surface area contributed by atoms with E-state index in [0.717, 1.165) is 66.4 Å². The molecule has 8 heteroatoms. The average Bonchev–Trinajstić information content (AvgIpc) is 3.27. The lowest BCUT2D eigenvalue weighted by atomic mass is 10.0. The van der Waals surface area contributed by atoms with Crippen LogP contribution in [0.4, 0.5) is 21.7 Å². The first-order valence-corrected chi connectivity index (χ1v) is 10.6. The number of aromatic nitrogens is 5. The molecule has 6 rings (SSSR count). The number of rotatable bonds is 2. The Labute approximate surface area is 179 Å². The highest BCUT2D eigenvalue weighted by molar-refractivity contribution is 5.89. The zero-order valence-electron chi connectivity index (χ0n) is 17.3. The maximum Gasteiger partial charge on any atom is 0.140 e. The van der Waals surface area contributed by atoms with Gasteiger partial charge in [0.15, 0.2) is 0 Å². The number of anilines is 3. The summed E-state index contributed by atoms with van der Waals surface area (Å²) in [5.74, 6) is 2.31. The van der Waals surface area contributed by atoms with Crippen molar-refractivity contribution in [1.82, 2.24) is 24.7 Å². The monoisotopic (exact) mass is 415 g/mol. The lowest BCUT2D eigenvalue weighted by Crippen LogP contribution is -2.33. The van der Waals surface area contributed by atoms with Crippen LogP contribution in [0.5, 0.6) is 0 Å². The van der Waals surface area contributed by atoms with E-state index in [-0.39, 0.29) is 5.82 Å². The predicted molar refractivity (Wildman–Crippen MR) is 117 cm³/mol. The number of halogens is 1. The van der Waals surface area contributed by atoms with Crippen LogP contribution in [0.2, 0.25) is 0 Å². The number of pyridine rings is 1. The quantitative estimate of drug-likeness (QED) is 0.497. The van der Waals surface area contributed by atoms with Crippen LogP contribution in [-0.4, -0.2) is 37.8 Å². The second kappa shape index (κ2) is 7.01. The molecule has 0 bridgehead atoms. The largest absolute Gasteiger partial charge is 0.351 e. The molecule has 2 aliphatic heterocycles. The average molecular weight is 415 g/mol. The van der Waals surface area contributed by atoms with E-state index in [0.29, 0.717) is 12.4 Å². The Hall–Kier alpha value is -3.55. The molecule has 0 spiro atoms. The molecule has 0 atom stereocenters. The van der Waals surface area contributed by atoms with Crippen LogP contribution < -0.4 is 9.80 Å². The molecule has 156 valence electrons. The molecule has 0 aliphatic carbocycles. The summed E-state index contributed by atoms with van der Waals surface area (Å²) >= 11 is 0. The van der Waals surface area contributed by atoms with Gasteiger partial charge in [-0.2, -0.15) is 5.10 Å². The van der Waals surface area contributed by atoms with Crippen molar-refractivity contribution in [3.8, 4) is 0 Å². The predicted octanol–water partition coefficient (Wildman–Crippen LogP) is 3.77. The van der Waals surface area contributed by atoms with Crippen LogP contribution in [0.1, 0.15) is 23.5 Å². The minimum Gasteiger partial charge on any atom is -0.351 e. The van der Waals surface area contributed by atoms with Gasteiger partial charge >= 0.3 is 0 Å². The first-order chi connectivity index (χ1) is 15.2. The molecule has 31 heavy (non-hydrogen) atoms. The summed E-state index contributed by atoms with van der Waals surface area (Å²) in [5.41, 5.74) is 4.15. The summed E-state index contributed by atoms with van der Waals surface area (Å²) in [6.45, 7) is 5.25. The molecule has 0 radical (unpaired) electrons. The number of hydrogen-bond acceptors (Lipinski definition) is 6. The minimum absolute atomic E-state index is 0.274. The number of nitrogens with zero attached hydrogens (tertiary/aromatic N) is 7. The highest BCUT2D eigenvalue weighted by Crippen LogP contribution is 2.33. The van der Waals surface area contributed by atoms with Gasteiger partial charge in [-0.05, 0) is 43.2 Å². The molecule has 5 heterocycles. The highest BCUT2D eigenvalue weighted by atomic mass is 19.1. The molecule has 0 N–H and O–H groups in total. The van der Waals surface area contributed by atoms with Gasteiger partial charge in [0.25, 0.3) is 0 Å². The van der Waals surface area contributed by atoms with Gasteiger partial charge in [-0.25, -0.2) is 19.0 Å². The van der Waals surface area contributed by atoms with Crippen molar-refractivity contribution >= 4 is 28.2 Å². The third-order valence-electron chi connectivity index (χ3n) is 6.11. The second-order valence-electron chi connectivity index (χ2n) is 8.14. The normalized spacial score (nSPS) is 15.8. The van der Waals surface area contributed by atoms with E-state index in [1.54, 1.807) is 6.07 Å². The summed E-state index contributed by atoms with van der Waals surface area (Å²) in [7, 11) is 0. The Morgan fingerprint density at radius 1 is 1.03 bits per heavy atom. The smallest absolute Gasteiger partial charge is 0.140 e. The fraction of sp³-hybridized carbons (Fsp3) is 0.304. The number of fused-ring (bicyclic) bond motifs is 3. The molecule has 2 aliphatic rings. The van der Waals surface area contributed by atoms with Crippen molar-refractivity contribution in [3.05, 3.63) is 65.6 Å². The van der Waals surface area contributed by atoms with E-state index in [4.69, 9.17) is 4.98 Å². The van der Waals surface area contributed by atoms with Crippen LogP contribution in [0.15, 0.2) is 42.7 Å². The molecule has 1 aromatic carbocycles. The van der Waals surface area contributed by atoms with Crippen LogP contribution in [0, 0.1) is 12.7 Å². The summed E-state index contributed by atoms with van der Waals surface area (Å²) in [4.78, 5) is 18.4. The molecule has 0 saturated heterocycles. The van der Waals surface area contributed by atoms with E-state index in [2.05, 4.69) is 37.0 Å². The summed E-state index contributed by atoms with van der Waals surface area (Å²) in [6.07, 6.45) is 5.70. The maximum atomic E-state index is 14.0. The van der Waals surface area contributed by atoms with Crippen molar-refractivity contribution in [2.45, 2.75) is 32.9 Å². The molecule has 3 aromatic heterocycles. The number of hydrogen-bond donors (Lipinski definition) is 0. The van der Waals surface area contributed by atoms with Crippen LogP contribution in [0.3, 0.4) is 0 Å². The SMILES string of the molecule is Cc1nc(N2CCc3ncc(N4CCCn5nccc54)cc3C2)c2cc(F)ccc2n1. The van der Waals surface area contributed by atoms with Gasteiger partial charge in [-0.15, -0.1) is 0 Å². The first kappa shape index (κ1) is 18.2.